The summed E-state index contributed by atoms with van der Waals surface area (Å²) in [5, 5.41) is 1.80. The zero-order valence-electron chi connectivity index (χ0n) is 21.3. The minimum Gasteiger partial charge on any atom is -0.373 e. The Morgan fingerprint density at radius 2 is 1.85 bits per heavy atom. The second kappa shape index (κ2) is 8.37. The number of aryl methyl sites for hydroxylation is 2. The molecule has 0 spiro atoms. The molecule has 202 valence electrons. The summed E-state index contributed by atoms with van der Waals surface area (Å²) >= 11 is 1.41. The first-order valence-electron chi connectivity index (χ1n) is 12.9. The largest absolute Gasteiger partial charge is 0.394 e. The quantitative estimate of drug-likeness (QED) is 0.339. The molecule has 3 aliphatic carbocycles. The number of thiazole rings is 1. The third-order valence-electron chi connectivity index (χ3n) is 8.71. The summed E-state index contributed by atoms with van der Waals surface area (Å²) in [6.45, 7) is 4.15. The average molecular weight is 555 g/mol. The van der Waals surface area contributed by atoms with Gasteiger partial charge in [-0.1, -0.05) is 0 Å². The molecule has 1 aliphatic heterocycles. The maximum atomic E-state index is 13.7. The first-order chi connectivity index (χ1) is 18.6. The average Bonchev–Trinajstić information content (AvgIpc) is 3.37. The summed E-state index contributed by atoms with van der Waals surface area (Å²) in [4.78, 5) is 35.8. The van der Waals surface area contributed by atoms with E-state index in [1.54, 1.807) is 23.2 Å². The number of aromatic nitrogens is 6. The van der Waals surface area contributed by atoms with Crippen LogP contribution in [0.1, 0.15) is 72.6 Å². The van der Waals surface area contributed by atoms with Crippen molar-refractivity contribution < 1.29 is 17.9 Å². The lowest BCUT2D eigenvalue weighted by Crippen LogP contribution is -2.70. The molecule has 0 aromatic carbocycles. The lowest BCUT2D eigenvalue weighted by molar-refractivity contribution is -0.337. The van der Waals surface area contributed by atoms with Gasteiger partial charge in [0.05, 0.1) is 34.1 Å². The summed E-state index contributed by atoms with van der Waals surface area (Å²) < 4.78 is 48.6. The fourth-order valence-electron chi connectivity index (χ4n) is 6.48. The van der Waals surface area contributed by atoms with Crippen molar-refractivity contribution in [1.82, 2.24) is 29.5 Å². The maximum absolute atomic E-state index is 13.7. The summed E-state index contributed by atoms with van der Waals surface area (Å²) in [6, 6.07) is 3.27. The minimum absolute atomic E-state index is 0.0399. The van der Waals surface area contributed by atoms with Crippen molar-refractivity contribution in [2.75, 3.05) is 6.61 Å². The van der Waals surface area contributed by atoms with Gasteiger partial charge >= 0.3 is 6.18 Å². The van der Waals surface area contributed by atoms with Crippen LogP contribution in [0.3, 0.4) is 0 Å². The van der Waals surface area contributed by atoms with Gasteiger partial charge in [0.2, 0.25) is 0 Å². The van der Waals surface area contributed by atoms with Crippen LogP contribution in [0.5, 0.6) is 0 Å². The monoisotopic (exact) mass is 554 g/mol. The zero-order chi connectivity index (χ0) is 27.2. The van der Waals surface area contributed by atoms with Crippen LogP contribution in [-0.2, 0) is 10.2 Å². The topological polar surface area (TPSA) is 95.7 Å². The fraction of sp³-hybridized carbons (Fsp3) is 0.481. The molecule has 4 aliphatic rings. The molecule has 2 atom stereocenters. The van der Waals surface area contributed by atoms with Crippen LogP contribution in [0.15, 0.2) is 34.0 Å². The van der Waals surface area contributed by atoms with E-state index in [0.717, 1.165) is 17.0 Å². The van der Waals surface area contributed by atoms with Gasteiger partial charge in [0.1, 0.15) is 11.3 Å². The van der Waals surface area contributed by atoms with E-state index in [-0.39, 0.29) is 36.8 Å². The predicted octanol–water partition coefficient (Wildman–Crippen LogP) is 5.26. The molecular weight excluding hydrogens is 529 g/mol. The first kappa shape index (κ1) is 24.8. The van der Waals surface area contributed by atoms with Gasteiger partial charge in [-0.25, -0.2) is 24.9 Å². The van der Waals surface area contributed by atoms with Crippen molar-refractivity contribution in [3.8, 4) is 5.82 Å². The number of halogens is 3. The Morgan fingerprint density at radius 3 is 2.56 bits per heavy atom. The van der Waals surface area contributed by atoms with Gasteiger partial charge in [-0.3, -0.25) is 9.36 Å². The Kier molecular flexibility index (Phi) is 5.32. The van der Waals surface area contributed by atoms with Crippen molar-refractivity contribution >= 4 is 22.5 Å². The van der Waals surface area contributed by atoms with Gasteiger partial charge in [-0.05, 0) is 57.6 Å². The molecular formula is C27H25F3N6O2S. The molecule has 5 heterocycles. The Hall–Kier alpha value is -3.25. The van der Waals surface area contributed by atoms with Crippen LogP contribution < -0.4 is 5.56 Å². The number of pyridine rings is 1. The van der Waals surface area contributed by atoms with Crippen molar-refractivity contribution in [3.63, 3.8) is 0 Å². The predicted molar refractivity (Wildman–Crippen MR) is 137 cm³/mol. The SMILES string of the molecule is Cc1nc2nc(C3CCO[C@@H](c4ccc(=O)n(-c5cscn5)c4)C3)nc(C34CC(C(F)(F)F)(C3)C4)c2nc1C. The van der Waals surface area contributed by atoms with E-state index in [4.69, 9.17) is 19.7 Å². The highest BCUT2D eigenvalue weighted by molar-refractivity contribution is 7.07. The third kappa shape index (κ3) is 3.75. The summed E-state index contributed by atoms with van der Waals surface area (Å²) in [6.07, 6.45) is -1.39. The molecule has 8 rings (SSSR count). The Balaban J connectivity index is 1.24. The number of hydrogen-bond acceptors (Lipinski definition) is 8. The van der Waals surface area contributed by atoms with E-state index in [1.807, 2.05) is 13.8 Å². The lowest BCUT2D eigenvalue weighted by Gasteiger charge is -2.70. The zero-order valence-corrected chi connectivity index (χ0v) is 22.1. The Labute approximate surface area is 225 Å². The van der Waals surface area contributed by atoms with Crippen molar-refractivity contribution in [2.24, 2.45) is 5.41 Å². The normalized spacial score (nSPS) is 28.2. The number of ether oxygens (including phenoxy) is 1. The molecule has 8 nitrogen and oxygen atoms in total. The molecule has 0 N–H and O–H groups in total. The van der Waals surface area contributed by atoms with Gasteiger partial charge in [0.25, 0.3) is 5.56 Å². The van der Waals surface area contributed by atoms with Crippen molar-refractivity contribution in [2.45, 2.75) is 69.6 Å². The molecule has 4 aromatic rings. The number of fused-ring (bicyclic) bond motifs is 1. The second-order valence-corrected chi connectivity index (χ2v) is 11.9. The number of rotatable bonds is 4. The van der Waals surface area contributed by atoms with Gasteiger partial charge in [-0.15, -0.1) is 11.3 Å². The highest BCUT2D eigenvalue weighted by Crippen LogP contribution is 2.78. The van der Waals surface area contributed by atoms with E-state index in [1.165, 1.54) is 22.0 Å². The molecule has 3 saturated carbocycles. The molecule has 1 saturated heterocycles. The molecule has 12 heteroatoms. The summed E-state index contributed by atoms with van der Waals surface area (Å²) in [7, 11) is 0. The molecule has 2 bridgehead atoms. The van der Waals surface area contributed by atoms with Crippen LogP contribution in [0.25, 0.3) is 17.0 Å². The molecule has 1 unspecified atom stereocenters. The van der Waals surface area contributed by atoms with Crippen molar-refractivity contribution in [3.05, 3.63) is 68.0 Å². The van der Waals surface area contributed by atoms with Crippen LogP contribution in [0.4, 0.5) is 13.2 Å². The van der Waals surface area contributed by atoms with Gasteiger partial charge < -0.3 is 4.74 Å². The fourth-order valence-corrected chi connectivity index (χ4v) is 7.01. The Morgan fingerprint density at radius 1 is 1.08 bits per heavy atom. The van der Waals surface area contributed by atoms with Crippen LogP contribution in [0.2, 0.25) is 0 Å². The molecule has 0 amide bonds. The number of nitrogens with zero attached hydrogens (tertiary/aromatic N) is 6. The highest BCUT2D eigenvalue weighted by atomic mass is 32.1. The van der Waals surface area contributed by atoms with Gasteiger partial charge in [0, 0.05) is 35.6 Å². The smallest absolute Gasteiger partial charge is 0.373 e. The van der Waals surface area contributed by atoms with Crippen LogP contribution in [0, 0.1) is 19.3 Å². The molecule has 4 fully saturated rings. The summed E-state index contributed by atoms with van der Waals surface area (Å²) in [5.41, 5.74) is 3.10. The van der Waals surface area contributed by atoms with Crippen LogP contribution >= 0.6 is 11.3 Å². The number of hydrogen-bond donors (Lipinski definition) is 0. The lowest BCUT2D eigenvalue weighted by atomic mass is 9.34. The second-order valence-electron chi connectivity index (χ2n) is 11.2. The van der Waals surface area contributed by atoms with E-state index in [9.17, 15) is 18.0 Å². The maximum Gasteiger partial charge on any atom is 0.394 e. The third-order valence-corrected chi connectivity index (χ3v) is 9.29. The minimum atomic E-state index is -4.21. The molecule has 0 radical (unpaired) electrons. The van der Waals surface area contributed by atoms with E-state index >= 15 is 0 Å². The Bertz CT molecular complexity index is 1650. The number of alkyl halides is 3. The van der Waals surface area contributed by atoms with Crippen molar-refractivity contribution in [1.29, 1.82) is 0 Å². The highest BCUT2D eigenvalue weighted by Gasteiger charge is 2.79. The van der Waals surface area contributed by atoms with Gasteiger partial charge in [0.15, 0.2) is 11.5 Å². The van der Waals surface area contributed by atoms with Gasteiger partial charge in [-0.2, -0.15) is 13.2 Å². The molecule has 4 aromatic heterocycles. The molecule has 39 heavy (non-hydrogen) atoms. The summed E-state index contributed by atoms with van der Waals surface area (Å²) in [5.74, 6) is 1.04. The first-order valence-corrected chi connectivity index (χ1v) is 13.8. The van der Waals surface area contributed by atoms with E-state index < -0.39 is 17.0 Å². The van der Waals surface area contributed by atoms with E-state index in [2.05, 4.69) is 9.97 Å². The standard InChI is InChI=1S/C27H25F3N6O2S/c1-14-15(2)33-24-21(32-14)22(25-10-26(11-25,12-25)27(28,29)30)34-23(35-24)16-5-6-38-18(7-16)17-3-4-20(37)36(8-17)19-9-39-13-31-19/h3-4,8-9,13,16,18H,5-7,10-12H2,1-2H3/t16?,18-,25?,26?/m1/s1. The van der Waals surface area contributed by atoms with E-state index in [0.29, 0.717) is 47.9 Å². The van der Waals surface area contributed by atoms with Crippen LogP contribution in [-0.4, -0.2) is 42.3 Å².